The lowest BCUT2D eigenvalue weighted by atomic mass is 9.87. The van der Waals surface area contributed by atoms with Crippen molar-refractivity contribution in [3.8, 4) is 39.7 Å². The standard InChI is InChI=1S/C27H23FN2O7/c1-15-19(12-23(31)32)18(13-35-2)10-20(16-6-4-3-5-7-16)25(15)27-29-26(30-37-27)17-8-9-22(21(28)11-17)36-14-24(33)34/h3-11H,12-14H2,1-2H3,(H,31,32)(H,33,34). The molecular weight excluding hydrogens is 483 g/mol. The van der Waals surface area contributed by atoms with Crippen LogP contribution >= 0.6 is 0 Å². The average Bonchev–Trinajstić information content (AvgIpc) is 3.35. The molecule has 190 valence electrons. The number of methoxy groups -OCH3 is 1. The quantitative estimate of drug-likeness (QED) is 0.312. The Morgan fingerprint density at radius 2 is 1.78 bits per heavy atom. The lowest BCUT2D eigenvalue weighted by Gasteiger charge is -2.18. The van der Waals surface area contributed by atoms with Crippen LogP contribution in [0.1, 0.15) is 16.7 Å². The molecule has 9 nitrogen and oxygen atoms in total. The van der Waals surface area contributed by atoms with Gasteiger partial charge in [-0.25, -0.2) is 9.18 Å². The number of nitrogens with zero attached hydrogens (tertiary/aromatic N) is 2. The predicted octanol–water partition coefficient (Wildman–Crippen LogP) is 4.76. The molecule has 0 spiro atoms. The van der Waals surface area contributed by atoms with E-state index in [1.54, 1.807) is 6.92 Å². The van der Waals surface area contributed by atoms with Gasteiger partial charge in [-0.1, -0.05) is 35.5 Å². The summed E-state index contributed by atoms with van der Waals surface area (Å²) in [7, 11) is 1.54. The molecule has 0 radical (unpaired) electrons. The third kappa shape index (κ3) is 5.65. The van der Waals surface area contributed by atoms with Gasteiger partial charge in [0, 0.05) is 12.7 Å². The molecule has 2 N–H and O–H groups in total. The fourth-order valence-corrected chi connectivity index (χ4v) is 4.07. The molecule has 0 amide bonds. The first-order valence-corrected chi connectivity index (χ1v) is 11.2. The van der Waals surface area contributed by atoms with Crippen molar-refractivity contribution in [1.82, 2.24) is 10.1 Å². The second kappa shape index (κ2) is 11.0. The smallest absolute Gasteiger partial charge is 0.341 e. The van der Waals surface area contributed by atoms with E-state index in [1.165, 1.54) is 19.2 Å². The first-order chi connectivity index (χ1) is 17.8. The minimum Gasteiger partial charge on any atom is -0.481 e. The highest BCUT2D eigenvalue weighted by molar-refractivity contribution is 5.86. The molecule has 0 saturated heterocycles. The van der Waals surface area contributed by atoms with E-state index in [0.717, 1.165) is 22.8 Å². The van der Waals surface area contributed by atoms with Gasteiger partial charge >= 0.3 is 11.9 Å². The molecule has 1 aromatic heterocycles. The number of benzene rings is 3. The first kappa shape index (κ1) is 25.5. The molecule has 0 atom stereocenters. The topological polar surface area (TPSA) is 132 Å². The van der Waals surface area contributed by atoms with Gasteiger partial charge in [-0.2, -0.15) is 4.98 Å². The summed E-state index contributed by atoms with van der Waals surface area (Å²) in [6.07, 6.45) is -0.226. The zero-order valence-corrected chi connectivity index (χ0v) is 20.0. The first-order valence-electron chi connectivity index (χ1n) is 11.2. The van der Waals surface area contributed by atoms with Gasteiger partial charge in [0.25, 0.3) is 5.89 Å². The Bertz CT molecular complexity index is 1450. The number of halogens is 1. The van der Waals surface area contributed by atoms with Crippen molar-refractivity contribution in [3.05, 3.63) is 77.1 Å². The molecule has 0 fully saturated rings. The molecule has 0 unspecified atom stereocenters. The number of ether oxygens (including phenoxy) is 2. The number of aromatic nitrogens is 2. The van der Waals surface area contributed by atoms with Gasteiger partial charge in [0.1, 0.15) is 0 Å². The maximum Gasteiger partial charge on any atom is 0.341 e. The van der Waals surface area contributed by atoms with E-state index in [9.17, 15) is 19.1 Å². The minimum atomic E-state index is -1.23. The van der Waals surface area contributed by atoms with Crippen molar-refractivity contribution < 1.29 is 38.2 Å². The Morgan fingerprint density at radius 3 is 2.43 bits per heavy atom. The van der Waals surface area contributed by atoms with Gasteiger partial charge in [0.05, 0.1) is 18.6 Å². The summed E-state index contributed by atoms with van der Waals surface area (Å²) in [5.74, 6) is -2.99. The number of hydrogen-bond donors (Lipinski definition) is 2. The maximum absolute atomic E-state index is 14.5. The van der Waals surface area contributed by atoms with Crippen molar-refractivity contribution in [3.63, 3.8) is 0 Å². The molecule has 0 aliphatic carbocycles. The largest absolute Gasteiger partial charge is 0.481 e. The molecule has 4 rings (SSSR count). The average molecular weight is 506 g/mol. The molecule has 0 aliphatic rings. The lowest BCUT2D eigenvalue weighted by molar-refractivity contribution is -0.139. The highest BCUT2D eigenvalue weighted by Crippen LogP contribution is 2.39. The zero-order chi connectivity index (χ0) is 26.5. The van der Waals surface area contributed by atoms with Gasteiger partial charge in [0.15, 0.2) is 18.2 Å². The Balaban J connectivity index is 1.83. The Labute approximate surface area is 211 Å². The van der Waals surface area contributed by atoms with Crippen LogP contribution < -0.4 is 4.74 Å². The Hall–Kier alpha value is -4.57. The van der Waals surface area contributed by atoms with Crippen LogP contribution in [0.3, 0.4) is 0 Å². The number of hydrogen-bond acceptors (Lipinski definition) is 7. The number of carboxylic acids is 2. The van der Waals surface area contributed by atoms with Crippen LogP contribution in [0, 0.1) is 12.7 Å². The minimum absolute atomic E-state index is 0.0952. The second-order valence-corrected chi connectivity index (χ2v) is 8.18. The molecule has 0 aliphatic heterocycles. The molecule has 0 bridgehead atoms. The summed E-state index contributed by atoms with van der Waals surface area (Å²) in [6.45, 7) is 1.33. The van der Waals surface area contributed by atoms with Crippen molar-refractivity contribution in [2.24, 2.45) is 0 Å². The van der Waals surface area contributed by atoms with Crippen molar-refractivity contribution in [2.75, 3.05) is 13.7 Å². The summed E-state index contributed by atoms with van der Waals surface area (Å²) in [4.78, 5) is 26.8. The molecule has 10 heteroatoms. The molecular formula is C27H23FN2O7. The third-order valence-corrected chi connectivity index (χ3v) is 5.70. The van der Waals surface area contributed by atoms with E-state index in [-0.39, 0.29) is 36.1 Å². The van der Waals surface area contributed by atoms with Crippen LogP contribution in [-0.2, 0) is 27.4 Å². The summed E-state index contributed by atoms with van der Waals surface area (Å²) in [6, 6.07) is 15.2. The van der Waals surface area contributed by atoms with E-state index in [1.807, 2.05) is 36.4 Å². The van der Waals surface area contributed by atoms with Crippen LogP contribution in [-0.4, -0.2) is 46.0 Å². The van der Waals surface area contributed by atoms with Crippen LogP contribution in [0.2, 0.25) is 0 Å². The Morgan fingerprint density at radius 1 is 1.03 bits per heavy atom. The van der Waals surface area contributed by atoms with Gasteiger partial charge in [-0.05, 0) is 59.0 Å². The fraction of sp³-hybridized carbons (Fsp3) is 0.185. The summed E-state index contributed by atoms with van der Waals surface area (Å²) < 4.78 is 30.3. The van der Waals surface area contributed by atoms with Crippen LogP contribution in [0.25, 0.3) is 34.0 Å². The molecule has 3 aromatic carbocycles. The lowest BCUT2D eigenvalue weighted by Crippen LogP contribution is -2.10. The van der Waals surface area contributed by atoms with Gasteiger partial charge in [-0.15, -0.1) is 0 Å². The third-order valence-electron chi connectivity index (χ3n) is 5.70. The van der Waals surface area contributed by atoms with Crippen LogP contribution in [0.4, 0.5) is 4.39 Å². The number of aliphatic carboxylic acids is 2. The normalized spacial score (nSPS) is 10.9. The number of carbonyl (C=O) groups is 2. The van der Waals surface area contributed by atoms with E-state index in [2.05, 4.69) is 10.1 Å². The zero-order valence-electron chi connectivity index (χ0n) is 20.0. The van der Waals surface area contributed by atoms with Crippen molar-refractivity contribution in [1.29, 1.82) is 0 Å². The van der Waals surface area contributed by atoms with Gasteiger partial charge in [-0.3, -0.25) is 4.79 Å². The Kier molecular flexibility index (Phi) is 7.59. The highest BCUT2D eigenvalue weighted by atomic mass is 19.1. The van der Waals surface area contributed by atoms with Crippen molar-refractivity contribution in [2.45, 2.75) is 20.0 Å². The number of rotatable bonds is 10. The predicted molar refractivity (Wildman–Crippen MR) is 130 cm³/mol. The summed E-state index contributed by atoms with van der Waals surface area (Å²) >= 11 is 0. The van der Waals surface area contributed by atoms with Gasteiger partial charge < -0.3 is 24.2 Å². The SMILES string of the molecule is COCc1cc(-c2ccccc2)c(-c2nc(-c3ccc(OCC(=O)O)c(F)c3)no2)c(C)c1CC(=O)O. The van der Waals surface area contributed by atoms with Gasteiger partial charge in [0.2, 0.25) is 5.82 Å². The van der Waals surface area contributed by atoms with E-state index >= 15 is 0 Å². The number of carboxylic acid groups (broad SMARTS) is 2. The second-order valence-electron chi connectivity index (χ2n) is 8.18. The van der Waals surface area contributed by atoms with Crippen LogP contribution in [0.15, 0.2) is 59.1 Å². The van der Waals surface area contributed by atoms with E-state index in [4.69, 9.17) is 19.1 Å². The fourth-order valence-electron chi connectivity index (χ4n) is 4.07. The van der Waals surface area contributed by atoms with Crippen molar-refractivity contribution >= 4 is 11.9 Å². The summed E-state index contributed by atoms with van der Waals surface area (Å²) in [5.41, 5.74) is 4.40. The molecule has 0 saturated carbocycles. The maximum atomic E-state index is 14.5. The molecule has 4 aromatic rings. The van der Waals surface area contributed by atoms with E-state index in [0.29, 0.717) is 16.7 Å². The molecule has 1 heterocycles. The molecule has 37 heavy (non-hydrogen) atoms. The van der Waals surface area contributed by atoms with Crippen LogP contribution in [0.5, 0.6) is 5.75 Å². The van der Waals surface area contributed by atoms with E-state index < -0.39 is 24.4 Å². The monoisotopic (exact) mass is 506 g/mol. The summed E-state index contributed by atoms with van der Waals surface area (Å²) in [5, 5.41) is 22.3. The highest BCUT2D eigenvalue weighted by Gasteiger charge is 2.24.